The SMILES string of the molecule is O=C(N1CCc2cc(-c3cnc4[nH]cc(Cl)c4c3)cc(C3COCCN3)c2C1)C1(O)CCCCC1. The molecular weight excluding hydrogens is 464 g/mol. The van der Waals surface area contributed by atoms with Crippen molar-refractivity contribution in [3.63, 3.8) is 0 Å². The van der Waals surface area contributed by atoms with Gasteiger partial charge in [0.05, 0.1) is 24.3 Å². The minimum Gasteiger partial charge on any atom is -0.380 e. The smallest absolute Gasteiger partial charge is 0.254 e. The predicted molar refractivity (Wildman–Crippen MR) is 135 cm³/mol. The van der Waals surface area contributed by atoms with Crippen molar-refractivity contribution in [2.24, 2.45) is 0 Å². The molecule has 3 aliphatic rings. The maximum absolute atomic E-state index is 13.4. The van der Waals surface area contributed by atoms with Crippen LogP contribution in [0.2, 0.25) is 5.02 Å². The van der Waals surface area contributed by atoms with Gasteiger partial charge in [0.25, 0.3) is 5.91 Å². The third-order valence-corrected chi connectivity index (χ3v) is 8.17. The van der Waals surface area contributed by atoms with Crippen LogP contribution >= 0.6 is 11.6 Å². The van der Waals surface area contributed by atoms with Gasteiger partial charge in [-0.2, -0.15) is 0 Å². The number of nitrogens with one attached hydrogen (secondary N) is 2. The van der Waals surface area contributed by atoms with E-state index in [1.165, 1.54) is 11.1 Å². The van der Waals surface area contributed by atoms with Crippen LogP contribution in [0.5, 0.6) is 0 Å². The number of aromatic amines is 1. The van der Waals surface area contributed by atoms with Gasteiger partial charge in [-0.25, -0.2) is 4.98 Å². The van der Waals surface area contributed by atoms with Gasteiger partial charge in [0, 0.05) is 43.0 Å². The van der Waals surface area contributed by atoms with Gasteiger partial charge < -0.3 is 25.0 Å². The number of pyridine rings is 1. The molecule has 1 aliphatic carbocycles. The number of rotatable bonds is 3. The standard InChI is InChI=1S/C27H31ClN4O3/c28-23-14-31-25-21(23)12-19(13-30-25)18-10-17-4-8-32(26(33)27(34)5-2-1-3-6-27)15-22(17)20(11-18)24-16-35-9-7-29-24/h10-14,24,29,34H,1-9,15-16H2,(H,30,31). The Kier molecular flexibility index (Phi) is 6.05. The Morgan fingerprint density at radius 2 is 2.06 bits per heavy atom. The minimum absolute atomic E-state index is 0.0535. The van der Waals surface area contributed by atoms with Crippen molar-refractivity contribution in [3.05, 3.63) is 52.3 Å². The van der Waals surface area contributed by atoms with Crippen LogP contribution in [0.4, 0.5) is 0 Å². The highest BCUT2D eigenvalue weighted by Gasteiger charge is 2.41. The molecule has 2 fully saturated rings. The van der Waals surface area contributed by atoms with Gasteiger partial charge in [0.1, 0.15) is 11.2 Å². The lowest BCUT2D eigenvalue weighted by molar-refractivity contribution is -0.155. The highest BCUT2D eigenvalue weighted by Crippen LogP contribution is 2.37. The van der Waals surface area contributed by atoms with E-state index in [0.717, 1.165) is 60.0 Å². The number of hydrogen-bond acceptors (Lipinski definition) is 5. The van der Waals surface area contributed by atoms with Crippen molar-refractivity contribution in [1.82, 2.24) is 20.2 Å². The topological polar surface area (TPSA) is 90.5 Å². The number of hydrogen-bond donors (Lipinski definition) is 3. The molecule has 184 valence electrons. The van der Waals surface area contributed by atoms with E-state index in [9.17, 15) is 9.90 Å². The first-order chi connectivity index (χ1) is 17.0. The first-order valence-electron chi connectivity index (χ1n) is 12.6. The van der Waals surface area contributed by atoms with E-state index in [1.54, 1.807) is 6.20 Å². The zero-order chi connectivity index (χ0) is 24.0. The number of aliphatic hydroxyl groups is 1. The summed E-state index contributed by atoms with van der Waals surface area (Å²) < 4.78 is 5.80. The number of carbonyl (C=O) groups is 1. The van der Waals surface area contributed by atoms with Crippen molar-refractivity contribution < 1.29 is 14.6 Å². The lowest BCUT2D eigenvalue weighted by Crippen LogP contribution is -2.51. The summed E-state index contributed by atoms with van der Waals surface area (Å²) in [4.78, 5) is 22.9. The first-order valence-corrected chi connectivity index (χ1v) is 13.0. The van der Waals surface area contributed by atoms with E-state index in [-0.39, 0.29) is 11.9 Å². The number of carbonyl (C=O) groups excluding carboxylic acids is 1. The van der Waals surface area contributed by atoms with Crippen LogP contribution in [0.3, 0.4) is 0 Å². The molecule has 2 aromatic heterocycles. The molecular formula is C27H31ClN4O3. The van der Waals surface area contributed by atoms with Crippen LogP contribution in [-0.4, -0.2) is 57.8 Å². The van der Waals surface area contributed by atoms with Gasteiger partial charge in [0.15, 0.2) is 0 Å². The molecule has 4 heterocycles. The van der Waals surface area contributed by atoms with Crippen LogP contribution in [0.1, 0.15) is 54.8 Å². The number of amides is 1. The Morgan fingerprint density at radius 1 is 1.20 bits per heavy atom. The van der Waals surface area contributed by atoms with E-state index in [0.29, 0.717) is 44.2 Å². The summed E-state index contributed by atoms with van der Waals surface area (Å²) in [5, 5.41) is 16.3. The average Bonchev–Trinajstić information content (AvgIpc) is 3.28. The number of nitrogens with zero attached hydrogens (tertiary/aromatic N) is 2. The molecule has 1 amide bonds. The minimum atomic E-state index is -1.21. The molecule has 2 aliphatic heterocycles. The summed E-state index contributed by atoms with van der Waals surface area (Å²) in [5.41, 5.74) is 5.23. The fourth-order valence-corrected chi connectivity index (χ4v) is 6.09. The van der Waals surface area contributed by atoms with Gasteiger partial charge >= 0.3 is 0 Å². The Hall–Kier alpha value is -2.45. The Balaban J connectivity index is 1.38. The molecule has 3 N–H and O–H groups in total. The molecule has 1 saturated heterocycles. The van der Waals surface area contributed by atoms with Gasteiger partial charge in [-0.05, 0) is 53.6 Å². The largest absolute Gasteiger partial charge is 0.380 e. The Labute approximate surface area is 209 Å². The van der Waals surface area contributed by atoms with Crippen LogP contribution in [0, 0.1) is 0 Å². The van der Waals surface area contributed by atoms with Crippen molar-refractivity contribution in [2.45, 2.75) is 56.7 Å². The summed E-state index contributed by atoms with van der Waals surface area (Å²) in [6.45, 7) is 3.22. The molecule has 0 spiro atoms. The predicted octanol–water partition coefficient (Wildman–Crippen LogP) is 4.12. The lowest BCUT2D eigenvalue weighted by Gasteiger charge is -2.39. The number of ether oxygens (including phenoxy) is 1. The van der Waals surface area contributed by atoms with E-state index >= 15 is 0 Å². The number of fused-ring (bicyclic) bond motifs is 2. The molecule has 8 heteroatoms. The Bertz CT molecular complexity index is 1260. The highest BCUT2D eigenvalue weighted by molar-refractivity contribution is 6.35. The van der Waals surface area contributed by atoms with E-state index in [4.69, 9.17) is 16.3 Å². The molecule has 1 aromatic carbocycles. The lowest BCUT2D eigenvalue weighted by atomic mass is 9.82. The van der Waals surface area contributed by atoms with Crippen molar-refractivity contribution >= 4 is 28.5 Å². The molecule has 7 nitrogen and oxygen atoms in total. The number of benzene rings is 1. The summed E-state index contributed by atoms with van der Waals surface area (Å²) in [6.07, 6.45) is 8.44. The van der Waals surface area contributed by atoms with Crippen molar-refractivity contribution in [3.8, 4) is 11.1 Å². The molecule has 0 bridgehead atoms. The molecule has 3 aromatic rings. The quantitative estimate of drug-likeness (QED) is 0.509. The molecule has 35 heavy (non-hydrogen) atoms. The van der Waals surface area contributed by atoms with Crippen molar-refractivity contribution in [1.29, 1.82) is 0 Å². The normalized spacial score (nSPS) is 22.2. The summed E-state index contributed by atoms with van der Waals surface area (Å²) in [6, 6.07) is 6.56. The molecule has 0 radical (unpaired) electrons. The van der Waals surface area contributed by atoms with Crippen LogP contribution in [0.25, 0.3) is 22.2 Å². The van der Waals surface area contributed by atoms with E-state index in [1.807, 2.05) is 11.1 Å². The molecule has 1 atom stereocenters. The van der Waals surface area contributed by atoms with Crippen LogP contribution in [0.15, 0.2) is 30.6 Å². The Morgan fingerprint density at radius 3 is 2.86 bits per heavy atom. The summed E-state index contributed by atoms with van der Waals surface area (Å²) in [7, 11) is 0. The number of morpholine rings is 1. The number of halogens is 1. The van der Waals surface area contributed by atoms with Crippen molar-refractivity contribution in [2.75, 3.05) is 26.3 Å². The highest BCUT2D eigenvalue weighted by atomic mass is 35.5. The average molecular weight is 495 g/mol. The van der Waals surface area contributed by atoms with Gasteiger partial charge in [0.2, 0.25) is 0 Å². The summed E-state index contributed by atoms with van der Waals surface area (Å²) >= 11 is 6.37. The first kappa shape index (κ1) is 23.0. The van der Waals surface area contributed by atoms with Gasteiger partial charge in [-0.3, -0.25) is 4.79 Å². The maximum atomic E-state index is 13.4. The van der Waals surface area contributed by atoms with Crippen LogP contribution < -0.4 is 5.32 Å². The monoisotopic (exact) mass is 494 g/mol. The second-order valence-electron chi connectivity index (χ2n) is 10.1. The number of aromatic nitrogens is 2. The van der Waals surface area contributed by atoms with E-state index in [2.05, 4.69) is 33.5 Å². The molecule has 6 rings (SSSR count). The molecule has 1 saturated carbocycles. The fourth-order valence-electron chi connectivity index (χ4n) is 5.89. The third kappa shape index (κ3) is 4.25. The van der Waals surface area contributed by atoms with Gasteiger partial charge in [-0.15, -0.1) is 0 Å². The van der Waals surface area contributed by atoms with E-state index < -0.39 is 5.60 Å². The molecule has 1 unspecified atom stereocenters. The van der Waals surface area contributed by atoms with Gasteiger partial charge in [-0.1, -0.05) is 36.9 Å². The second-order valence-corrected chi connectivity index (χ2v) is 10.5. The fraction of sp³-hybridized carbons (Fsp3) is 0.481. The van der Waals surface area contributed by atoms with Crippen LogP contribution in [-0.2, 0) is 22.5 Å². The maximum Gasteiger partial charge on any atom is 0.254 e. The third-order valence-electron chi connectivity index (χ3n) is 7.85. The zero-order valence-electron chi connectivity index (χ0n) is 19.8. The second kappa shape index (κ2) is 9.21. The zero-order valence-corrected chi connectivity index (χ0v) is 20.5. The number of H-pyrrole nitrogens is 1. The summed E-state index contributed by atoms with van der Waals surface area (Å²) in [5.74, 6) is -0.109.